The van der Waals surface area contributed by atoms with E-state index >= 15 is 0 Å². The minimum absolute atomic E-state index is 0.0298. The lowest BCUT2D eigenvalue weighted by atomic mass is 10.0. The normalized spacial score (nSPS) is 12.3. The number of carbonyl (C=O) groups excluding carboxylic acids is 1. The lowest BCUT2D eigenvalue weighted by Crippen LogP contribution is -2.32. The van der Waals surface area contributed by atoms with Crippen molar-refractivity contribution >= 4 is 11.8 Å². The molecule has 3 N–H and O–H groups in total. The van der Waals surface area contributed by atoms with Crippen LogP contribution in [-0.2, 0) is 9.59 Å². The molecule has 4 nitrogen and oxygen atoms in total. The van der Waals surface area contributed by atoms with Crippen LogP contribution in [0.15, 0.2) is 0 Å². The molecule has 0 heterocycles. The van der Waals surface area contributed by atoms with Gasteiger partial charge < -0.3 is 10.8 Å². The van der Waals surface area contributed by atoms with Gasteiger partial charge in [-0.3, -0.25) is 9.59 Å². The molecule has 0 bridgehead atoms. The van der Waals surface area contributed by atoms with Crippen molar-refractivity contribution in [3.05, 3.63) is 0 Å². The molecule has 112 valence electrons. The zero-order valence-corrected chi connectivity index (χ0v) is 12.2. The Labute approximate surface area is 116 Å². The number of Topliss-reactive ketones (excluding diaryl/α,β-unsaturated/α-hetero) is 1. The Morgan fingerprint density at radius 3 is 1.89 bits per heavy atom. The van der Waals surface area contributed by atoms with E-state index in [0.29, 0.717) is 6.42 Å². The average molecular weight is 271 g/mol. The first-order valence-corrected chi connectivity index (χ1v) is 7.58. The highest BCUT2D eigenvalue weighted by Gasteiger charge is 2.15. The zero-order valence-electron chi connectivity index (χ0n) is 12.2. The standard InChI is InChI=1S/C15H29NO3/c1-2-3-4-5-6-7-8-9-10-11-13(17)12-14(16)15(18)19/h14H,2-12,16H2,1H3,(H,18,19)/t14-/m1/s1. The van der Waals surface area contributed by atoms with Crippen LogP contribution in [0.1, 0.15) is 77.6 Å². The number of unbranched alkanes of at least 4 members (excludes halogenated alkanes) is 8. The molecular weight excluding hydrogens is 242 g/mol. The summed E-state index contributed by atoms with van der Waals surface area (Å²) in [5.74, 6) is -1.13. The van der Waals surface area contributed by atoms with Crippen LogP contribution in [0, 0.1) is 0 Å². The fourth-order valence-corrected chi connectivity index (χ4v) is 2.07. The first kappa shape index (κ1) is 18.1. The summed E-state index contributed by atoms with van der Waals surface area (Å²) in [6.07, 6.45) is 11.3. The van der Waals surface area contributed by atoms with Crippen molar-refractivity contribution in [3.8, 4) is 0 Å². The van der Waals surface area contributed by atoms with Gasteiger partial charge in [0.1, 0.15) is 11.8 Å². The smallest absolute Gasteiger partial charge is 0.320 e. The van der Waals surface area contributed by atoms with Crippen LogP contribution in [0.5, 0.6) is 0 Å². The Hall–Kier alpha value is -0.900. The number of carboxylic acid groups (broad SMARTS) is 1. The maximum Gasteiger partial charge on any atom is 0.320 e. The molecule has 0 aromatic carbocycles. The molecule has 0 saturated heterocycles. The van der Waals surface area contributed by atoms with E-state index in [-0.39, 0.29) is 12.2 Å². The lowest BCUT2D eigenvalue weighted by Gasteiger charge is -2.05. The van der Waals surface area contributed by atoms with Crippen molar-refractivity contribution < 1.29 is 14.7 Å². The fraction of sp³-hybridized carbons (Fsp3) is 0.867. The molecule has 19 heavy (non-hydrogen) atoms. The molecule has 0 fully saturated rings. The van der Waals surface area contributed by atoms with E-state index in [1.54, 1.807) is 0 Å². The first-order valence-electron chi connectivity index (χ1n) is 7.58. The van der Waals surface area contributed by atoms with E-state index in [0.717, 1.165) is 12.8 Å². The molecule has 0 aromatic rings. The highest BCUT2D eigenvalue weighted by Crippen LogP contribution is 2.11. The number of hydrogen-bond acceptors (Lipinski definition) is 3. The van der Waals surface area contributed by atoms with Gasteiger partial charge in [-0.05, 0) is 6.42 Å². The van der Waals surface area contributed by atoms with E-state index in [1.165, 1.54) is 44.9 Å². The van der Waals surface area contributed by atoms with E-state index in [4.69, 9.17) is 10.8 Å². The molecule has 0 unspecified atom stereocenters. The Balaban J connectivity index is 3.30. The largest absolute Gasteiger partial charge is 0.480 e. The molecule has 0 aliphatic carbocycles. The van der Waals surface area contributed by atoms with Crippen LogP contribution in [0.25, 0.3) is 0 Å². The molecule has 0 aliphatic heterocycles. The van der Waals surface area contributed by atoms with Crippen LogP contribution in [0.3, 0.4) is 0 Å². The van der Waals surface area contributed by atoms with Gasteiger partial charge >= 0.3 is 5.97 Å². The van der Waals surface area contributed by atoms with Gasteiger partial charge in [0, 0.05) is 12.8 Å². The van der Waals surface area contributed by atoms with Gasteiger partial charge in [-0.2, -0.15) is 0 Å². The molecule has 0 aliphatic rings. The van der Waals surface area contributed by atoms with E-state index in [9.17, 15) is 9.59 Å². The van der Waals surface area contributed by atoms with Crippen molar-refractivity contribution in [2.75, 3.05) is 0 Å². The summed E-state index contributed by atoms with van der Waals surface area (Å²) in [6, 6.07) is -1.04. The Morgan fingerprint density at radius 1 is 0.947 bits per heavy atom. The quantitative estimate of drug-likeness (QED) is 0.504. The lowest BCUT2D eigenvalue weighted by molar-refractivity contribution is -0.140. The van der Waals surface area contributed by atoms with Crippen molar-refractivity contribution in [1.82, 2.24) is 0 Å². The highest BCUT2D eigenvalue weighted by atomic mass is 16.4. The zero-order chi connectivity index (χ0) is 14.5. The van der Waals surface area contributed by atoms with Crippen molar-refractivity contribution in [1.29, 1.82) is 0 Å². The predicted molar refractivity (Wildman–Crippen MR) is 77.1 cm³/mol. The third-order valence-corrected chi connectivity index (χ3v) is 3.32. The molecule has 0 spiro atoms. The van der Waals surface area contributed by atoms with Gasteiger partial charge in [0.05, 0.1) is 0 Å². The van der Waals surface area contributed by atoms with Crippen molar-refractivity contribution in [3.63, 3.8) is 0 Å². The SMILES string of the molecule is CCCCCCCCCCCC(=O)C[C@@H](N)C(=O)O. The van der Waals surface area contributed by atoms with Crippen LogP contribution in [0.2, 0.25) is 0 Å². The second-order valence-corrected chi connectivity index (χ2v) is 5.27. The number of carboxylic acids is 1. The number of ketones is 1. The summed E-state index contributed by atoms with van der Waals surface area (Å²) in [7, 11) is 0. The highest BCUT2D eigenvalue weighted by molar-refractivity contribution is 5.85. The Morgan fingerprint density at radius 2 is 1.42 bits per heavy atom. The fourth-order valence-electron chi connectivity index (χ4n) is 2.07. The molecule has 4 heteroatoms. The number of hydrogen-bond donors (Lipinski definition) is 2. The second-order valence-electron chi connectivity index (χ2n) is 5.27. The molecule has 0 amide bonds. The summed E-state index contributed by atoms with van der Waals surface area (Å²) in [6.45, 7) is 2.22. The number of nitrogens with two attached hydrogens (primary N) is 1. The minimum Gasteiger partial charge on any atom is -0.480 e. The molecular formula is C15H29NO3. The summed E-state index contributed by atoms with van der Waals surface area (Å²) in [5.41, 5.74) is 5.31. The number of aliphatic carboxylic acids is 1. The summed E-state index contributed by atoms with van der Waals surface area (Å²) in [4.78, 5) is 21.9. The Bertz CT molecular complexity index is 254. The third-order valence-electron chi connectivity index (χ3n) is 3.32. The van der Waals surface area contributed by atoms with Gasteiger partial charge in [-0.25, -0.2) is 0 Å². The molecule has 0 saturated carbocycles. The van der Waals surface area contributed by atoms with Crippen molar-refractivity contribution in [2.24, 2.45) is 5.73 Å². The summed E-state index contributed by atoms with van der Waals surface area (Å²) in [5, 5.41) is 8.58. The summed E-state index contributed by atoms with van der Waals surface area (Å²) < 4.78 is 0. The van der Waals surface area contributed by atoms with Crippen LogP contribution >= 0.6 is 0 Å². The van der Waals surface area contributed by atoms with Crippen LogP contribution < -0.4 is 5.73 Å². The minimum atomic E-state index is -1.10. The van der Waals surface area contributed by atoms with Crippen LogP contribution in [-0.4, -0.2) is 22.9 Å². The summed E-state index contributed by atoms with van der Waals surface area (Å²) >= 11 is 0. The molecule has 0 aromatic heterocycles. The third kappa shape index (κ3) is 11.9. The molecule has 0 radical (unpaired) electrons. The topological polar surface area (TPSA) is 80.4 Å². The molecule has 0 rings (SSSR count). The van der Waals surface area contributed by atoms with Crippen LogP contribution in [0.4, 0.5) is 0 Å². The van der Waals surface area contributed by atoms with E-state index < -0.39 is 12.0 Å². The van der Waals surface area contributed by atoms with E-state index in [2.05, 4.69) is 6.92 Å². The number of carbonyl (C=O) groups is 2. The van der Waals surface area contributed by atoms with Gasteiger partial charge in [0.25, 0.3) is 0 Å². The first-order chi connectivity index (χ1) is 9.07. The van der Waals surface area contributed by atoms with Crippen molar-refractivity contribution in [2.45, 2.75) is 83.6 Å². The molecule has 1 atom stereocenters. The van der Waals surface area contributed by atoms with Gasteiger partial charge in [-0.15, -0.1) is 0 Å². The Kier molecular flexibility index (Phi) is 11.6. The predicted octanol–water partition coefficient (Wildman–Crippen LogP) is 3.28. The van der Waals surface area contributed by atoms with Gasteiger partial charge in [0.2, 0.25) is 0 Å². The van der Waals surface area contributed by atoms with E-state index in [1.807, 2.05) is 0 Å². The van der Waals surface area contributed by atoms with Gasteiger partial charge in [0.15, 0.2) is 0 Å². The van der Waals surface area contributed by atoms with Gasteiger partial charge in [-0.1, -0.05) is 58.3 Å². The monoisotopic (exact) mass is 271 g/mol. The maximum absolute atomic E-state index is 11.4. The number of rotatable bonds is 13. The average Bonchev–Trinajstić information content (AvgIpc) is 2.36. The maximum atomic E-state index is 11.4. The second kappa shape index (κ2) is 12.2.